The number of esters is 2. The van der Waals surface area contributed by atoms with Crippen LogP contribution in [0.25, 0.3) is 0 Å². The van der Waals surface area contributed by atoms with Crippen LogP contribution in [0.3, 0.4) is 0 Å². The number of nitriles is 2. The molecular formula is C42H78N3O8P. The van der Waals surface area contributed by atoms with Crippen LogP contribution in [-0.4, -0.2) is 70.0 Å². The van der Waals surface area contributed by atoms with Gasteiger partial charge in [-0.1, -0.05) is 129 Å². The van der Waals surface area contributed by atoms with Crippen molar-refractivity contribution in [3.8, 4) is 12.1 Å². The molecule has 0 radical (unpaired) electrons. The van der Waals surface area contributed by atoms with Gasteiger partial charge in [-0.3, -0.25) is 14.2 Å². The maximum Gasteiger partial charge on any atom is 0.306 e. The van der Waals surface area contributed by atoms with Gasteiger partial charge in [0.15, 0.2) is 6.10 Å². The first kappa shape index (κ1) is 52.0. The second kappa shape index (κ2) is 34.3. The summed E-state index contributed by atoms with van der Waals surface area (Å²) in [5.41, 5.74) is 0. The van der Waals surface area contributed by atoms with Gasteiger partial charge >= 0.3 is 11.9 Å². The molecule has 4 atom stereocenters. The molecule has 0 bridgehead atoms. The summed E-state index contributed by atoms with van der Waals surface area (Å²) >= 11 is 0. The van der Waals surface area contributed by atoms with Crippen LogP contribution in [-0.2, 0) is 32.7 Å². The molecule has 0 N–H and O–H groups in total. The van der Waals surface area contributed by atoms with E-state index < -0.39 is 32.5 Å². The molecule has 0 aromatic carbocycles. The van der Waals surface area contributed by atoms with E-state index in [9.17, 15) is 29.6 Å². The van der Waals surface area contributed by atoms with E-state index in [4.69, 9.17) is 18.5 Å². The van der Waals surface area contributed by atoms with Crippen LogP contribution in [0.2, 0.25) is 0 Å². The molecule has 0 aromatic rings. The lowest BCUT2D eigenvalue weighted by molar-refractivity contribution is -0.870. The molecule has 314 valence electrons. The second-order valence-electron chi connectivity index (χ2n) is 16.1. The number of phosphoric acid groups is 1. The van der Waals surface area contributed by atoms with E-state index in [1.54, 1.807) is 0 Å². The van der Waals surface area contributed by atoms with Crippen molar-refractivity contribution >= 4 is 19.8 Å². The molecule has 0 saturated heterocycles. The Hall–Kier alpha value is -2.01. The highest BCUT2D eigenvalue weighted by Crippen LogP contribution is 2.38. The third-order valence-electron chi connectivity index (χ3n) is 9.70. The number of hydrogen-bond acceptors (Lipinski definition) is 10. The first-order valence-corrected chi connectivity index (χ1v) is 22.9. The van der Waals surface area contributed by atoms with Gasteiger partial charge in [-0.25, -0.2) is 0 Å². The Morgan fingerprint density at radius 3 is 1.44 bits per heavy atom. The van der Waals surface area contributed by atoms with Gasteiger partial charge in [0.05, 0.1) is 39.9 Å². The number of nitrogens with zero attached hydrogens (tertiary/aromatic N) is 3. The molecule has 3 unspecified atom stereocenters. The summed E-state index contributed by atoms with van der Waals surface area (Å²) in [4.78, 5) is 37.6. The van der Waals surface area contributed by atoms with Gasteiger partial charge in [-0.15, -0.1) is 0 Å². The number of carbonyl (C=O) groups is 2. The molecule has 0 saturated carbocycles. The molecule has 0 heterocycles. The Bertz CT molecular complexity index is 1070. The fourth-order valence-corrected chi connectivity index (χ4v) is 6.90. The monoisotopic (exact) mass is 784 g/mol. The maximum atomic E-state index is 12.7. The average molecular weight is 784 g/mol. The fraction of sp³-hybridized carbons (Fsp3) is 0.905. The minimum atomic E-state index is -4.67. The molecule has 0 aromatic heterocycles. The quantitative estimate of drug-likeness (QED) is 0.0255. The third-order valence-corrected chi connectivity index (χ3v) is 10.7. The van der Waals surface area contributed by atoms with Crippen LogP contribution in [0, 0.1) is 34.5 Å². The number of phosphoric ester groups is 1. The van der Waals surface area contributed by atoms with E-state index in [1.165, 1.54) is 64.2 Å². The molecule has 0 aliphatic rings. The number of ether oxygens (including phenoxy) is 2. The molecule has 54 heavy (non-hydrogen) atoms. The largest absolute Gasteiger partial charge is 0.756 e. The number of rotatable bonds is 38. The molecule has 0 aliphatic heterocycles. The van der Waals surface area contributed by atoms with Crippen molar-refractivity contribution in [2.45, 2.75) is 187 Å². The molecule has 0 spiro atoms. The summed E-state index contributed by atoms with van der Waals surface area (Å²) in [7, 11) is 1.06. The SMILES string of the molecule is CCCCCCCCC(C#N)CCCCCCC(=O)OC[C@H](COP(=O)([O-])OCC[N+](C)(C)C)OC(=O)CCCCCCC(C#N)CCCCCCCC. The van der Waals surface area contributed by atoms with Gasteiger partial charge in [0, 0.05) is 24.7 Å². The van der Waals surface area contributed by atoms with Crippen LogP contribution in [0.15, 0.2) is 0 Å². The van der Waals surface area contributed by atoms with Gasteiger partial charge in [0.2, 0.25) is 0 Å². The number of carbonyl (C=O) groups excluding carboxylic acids is 2. The molecular weight excluding hydrogens is 705 g/mol. The highest BCUT2D eigenvalue weighted by molar-refractivity contribution is 7.45. The zero-order valence-corrected chi connectivity index (χ0v) is 35.9. The molecule has 0 fully saturated rings. The van der Waals surface area contributed by atoms with Crippen LogP contribution < -0.4 is 4.89 Å². The van der Waals surface area contributed by atoms with Gasteiger partial charge in [0.25, 0.3) is 7.82 Å². The topological polar surface area (TPSA) is 159 Å². The molecule has 12 heteroatoms. The summed E-state index contributed by atoms with van der Waals surface area (Å²) < 4.78 is 33.8. The zero-order valence-electron chi connectivity index (χ0n) is 35.0. The lowest BCUT2D eigenvalue weighted by atomic mass is 9.95. The smallest absolute Gasteiger partial charge is 0.306 e. The summed E-state index contributed by atoms with van der Waals surface area (Å²) in [6.07, 6.45) is 24.1. The summed E-state index contributed by atoms with van der Waals surface area (Å²) in [5.74, 6) is -0.792. The lowest BCUT2D eigenvalue weighted by Crippen LogP contribution is -2.37. The van der Waals surface area contributed by atoms with Gasteiger partial charge < -0.3 is 27.9 Å². The normalized spacial score (nSPS) is 14.4. The van der Waals surface area contributed by atoms with E-state index in [2.05, 4.69) is 26.0 Å². The molecule has 11 nitrogen and oxygen atoms in total. The molecule has 0 aliphatic carbocycles. The zero-order chi connectivity index (χ0) is 40.3. The molecule has 0 amide bonds. The Balaban J connectivity index is 4.62. The summed E-state index contributed by atoms with van der Waals surface area (Å²) in [5, 5.41) is 19.0. The highest BCUT2D eigenvalue weighted by atomic mass is 31.2. The van der Waals surface area contributed by atoms with Crippen molar-refractivity contribution in [2.24, 2.45) is 11.8 Å². The Morgan fingerprint density at radius 1 is 0.611 bits per heavy atom. The fourth-order valence-electron chi connectivity index (χ4n) is 6.17. The Kier molecular flexibility index (Phi) is 33.0. The second-order valence-corrected chi connectivity index (χ2v) is 17.5. The van der Waals surface area contributed by atoms with E-state index in [0.717, 1.165) is 77.0 Å². The number of unbranched alkanes of at least 4 members (excludes halogenated alkanes) is 16. The van der Waals surface area contributed by atoms with Crippen LogP contribution >= 0.6 is 7.82 Å². The van der Waals surface area contributed by atoms with Gasteiger partial charge in [-0.2, -0.15) is 10.5 Å². The van der Waals surface area contributed by atoms with Gasteiger partial charge in [-0.05, 0) is 38.5 Å². The summed E-state index contributed by atoms with van der Waals surface area (Å²) in [6.45, 7) is 3.96. The lowest BCUT2D eigenvalue weighted by Gasteiger charge is -2.28. The first-order chi connectivity index (χ1) is 25.9. The average Bonchev–Trinajstić information content (AvgIpc) is 3.12. The van der Waals surface area contributed by atoms with Crippen molar-refractivity contribution in [1.29, 1.82) is 10.5 Å². The number of hydrogen-bond donors (Lipinski definition) is 0. The minimum Gasteiger partial charge on any atom is -0.756 e. The Labute approximate surface area is 330 Å². The van der Waals surface area contributed by atoms with Crippen molar-refractivity contribution in [3.05, 3.63) is 0 Å². The van der Waals surface area contributed by atoms with Gasteiger partial charge in [0.1, 0.15) is 19.8 Å². The number of quaternary nitrogens is 1. The van der Waals surface area contributed by atoms with Crippen LogP contribution in [0.1, 0.15) is 181 Å². The van der Waals surface area contributed by atoms with E-state index >= 15 is 0 Å². The van der Waals surface area contributed by atoms with E-state index in [-0.39, 0.29) is 37.9 Å². The highest BCUT2D eigenvalue weighted by Gasteiger charge is 2.22. The van der Waals surface area contributed by atoms with Crippen molar-refractivity contribution in [2.75, 3.05) is 47.5 Å². The Morgan fingerprint density at radius 2 is 1.02 bits per heavy atom. The number of likely N-dealkylation sites (N-methyl/N-ethyl adjacent to an activating group) is 1. The predicted octanol–water partition coefficient (Wildman–Crippen LogP) is 10.1. The van der Waals surface area contributed by atoms with Crippen LogP contribution in [0.5, 0.6) is 0 Å². The van der Waals surface area contributed by atoms with E-state index in [0.29, 0.717) is 23.9 Å². The minimum absolute atomic E-state index is 0.0613. The standard InChI is InChI=1S/C42H78N3O8P/c1-6-8-10-12-14-20-26-38(34-43)28-22-16-18-24-30-41(46)50-36-40(37-52-54(48,49)51-33-32-45(3,4)5)53-42(47)31-25-19-17-23-29-39(35-44)27-21-15-13-11-9-7-2/h38-40H,6-33,36-37H2,1-5H3/t38?,39?,40-/m1/s1. The third kappa shape index (κ3) is 34.5. The van der Waals surface area contributed by atoms with Crippen molar-refractivity contribution in [1.82, 2.24) is 0 Å². The van der Waals surface area contributed by atoms with Crippen molar-refractivity contribution < 1.29 is 42.1 Å². The summed E-state index contributed by atoms with van der Waals surface area (Å²) in [6, 6.07) is 4.90. The van der Waals surface area contributed by atoms with E-state index in [1.807, 2.05) is 21.1 Å². The molecule has 0 rings (SSSR count). The first-order valence-electron chi connectivity index (χ1n) is 21.4. The van der Waals surface area contributed by atoms with Crippen LogP contribution in [0.4, 0.5) is 0 Å². The maximum absolute atomic E-state index is 12.7. The predicted molar refractivity (Wildman–Crippen MR) is 213 cm³/mol. The van der Waals surface area contributed by atoms with Crippen molar-refractivity contribution in [3.63, 3.8) is 0 Å².